The molecule has 0 saturated heterocycles. The molecule has 0 unspecified atom stereocenters. The lowest BCUT2D eigenvalue weighted by atomic mass is 10.2. The fourth-order valence-corrected chi connectivity index (χ4v) is 1.13. The smallest absolute Gasteiger partial charge is 0.135 e. The lowest BCUT2D eigenvalue weighted by Crippen LogP contribution is -2.29. The lowest BCUT2D eigenvalue weighted by molar-refractivity contribution is 0.203. The van der Waals surface area contributed by atoms with Crippen LogP contribution >= 0.6 is 0 Å². The van der Waals surface area contributed by atoms with Gasteiger partial charge in [-0.3, -0.25) is 0 Å². The summed E-state index contributed by atoms with van der Waals surface area (Å²) in [6, 6.07) is -0.433. The Morgan fingerprint density at radius 3 is 2.40 bits per heavy atom. The number of hydrogen-bond acceptors (Lipinski definition) is 6. The molecule has 1 heterocycles. The van der Waals surface area contributed by atoms with Crippen LogP contribution in [0.1, 0.15) is 11.4 Å². The summed E-state index contributed by atoms with van der Waals surface area (Å²) < 4.78 is 0. The number of anilines is 2. The predicted molar refractivity (Wildman–Crippen MR) is 57.5 cm³/mol. The molecule has 1 aromatic rings. The van der Waals surface area contributed by atoms with Crippen LogP contribution in [0.15, 0.2) is 0 Å². The highest BCUT2D eigenvalue weighted by atomic mass is 16.3. The summed E-state index contributed by atoms with van der Waals surface area (Å²) in [6.45, 7) is 3.18. The highest BCUT2D eigenvalue weighted by molar-refractivity contribution is 5.55. The first-order chi connectivity index (χ1) is 7.08. The molecule has 0 atom stereocenters. The zero-order valence-electron chi connectivity index (χ0n) is 8.86. The van der Waals surface area contributed by atoms with Gasteiger partial charge in [-0.1, -0.05) is 0 Å². The summed E-state index contributed by atoms with van der Waals surface area (Å²) in [5, 5.41) is 20.7. The van der Waals surface area contributed by atoms with E-state index >= 15 is 0 Å². The Balaban J connectivity index is 2.93. The van der Waals surface area contributed by atoms with Crippen molar-refractivity contribution in [3.63, 3.8) is 0 Å². The second-order valence-corrected chi connectivity index (χ2v) is 3.34. The van der Waals surface area contributed by atoms with Crippen molar-refractivity contribution >= 4 is 11.6 Å². The average molecular weight is 212 g/mol. The molecule has 0 bridgehead atoms. The van der Waals surface area contributed by atoms with Gasteiger partial charge in [-0.2, -0.15) is 0 Å². The minimum Gasteiger partial charge on any atom is -0.394 e. The van der Waals surface area contributed by atoms with Crippen LogP contribution in [0, 0.1) is 13.8 Å². The van der Waals surface area contributed by atoms with Crippen LogP contribution < -0.4 is 11.1 Å². The van der Waals surface area contributed by atoms with Crippen molar-refractivity contribution in [1.82, 2.24) is 9.97 Å². The number of nitrogens with two attached hydrogens (primary N) is 1. The first kappa shape index (κ1) is 11.7. The molecule has 1 rings (SSSR count). The second-order valence-electron chi connectivity index (χ2n) is 3.34. The van der Waals surface area contributed by atoms with Crippen LogP contribution in [0.5, 0.6) is 0 Å². The molecule has 0 fully saturated rings. The van der Waals surface area contributed by atoms with E-state index in [0.717, 1.165) is 0 Å². The molecule has 0 saturated carbocycles. The highest BCUT2D eigenvalue weighted by Gasteiger charge is 2.11. The summed E-state index contributed by atoms with van der Waals surface area (Å²) >= 11 is 0. The molecule has 0 aromatic carbocycles. The molecule has 6 heteroatoms. The van der Waals surface area contributed by atoms with E-state index in [1.807, 2.05) is 0 Å². The maximum Gasteiger partial charge on any atom is 0.135 e. The minimum atomic E-state index is -0.433. The van der Waals surface area contributed by atoms with E-state index in [1.165, 1.54) is 0 Å². The fraction of sp³-hybridized carbons (Fsp3) is 0.556. The first-order valence-electron chi connectivity index (χ1n) is 4.67. The zero-order chi connectivity index (χ0) is 11.4. The SMILES string of the molecule is Cc1nc(N)c(C)c(NC(CO)CO)n1. The summed E-state index contributed by atoms with van der Waals surface area (Å²) in [5.74, 6) is 1.50. The fourth-order valence-electron chi connectivity index (χ4n) is 1.13. The monoisotopic (exact) mass is 212 g/mol. The summed E-state index contributed by atoms with van der Waals surface area (Å²) in [5.41, 5.74) is 6.38. The molecule has 84 valence electrons. The van der Waals surface area contributed by atoms with Crippen molar-refractivity contribution < 1.29 is 10.2 Å². The number of nitrogen functional groups attached to an aromatic ring is 1. The lowest BCUT2D eigenvalue weighted by Gasteiger charge is -2.16. The molecule has 0 spiro atoms. The molecule has 0 radical (unpaired) electrons. The topological polar surface area (TPSA) is 104 Å². The molecular formula is C9H16N4O2. The van der Waals surface area contributed by atoms with Gasteiger partial charge in [-0.25, -0.2) is 9.97 Å². The normalized spacial score (nSPS) is 10.7. The second kappa shape index (κ2) is 4.90. The van der Waals surface area contributed by atoms with E-state index < -0.39 is 6.04 Å². The van der Waals surface area contributed by atoms with Gasteiger partial charge in [-0.05, 0) is 13.8 Å². The van der Waals surface area contributed by atoms with E-state index in [0.29, 0.717) is 23.0 Å². The van der Waals surface area contributed by atoms with E-state index in [4.69, 9.17) is 15.9 Å². The molecule has 0 aliphatic rings. The Kier molecular flexibility index (Phi) is 3.81. The van der Waals surface area contributed by atoms with Gasteiger partial charge >= 0.3 is 0 Å². The van der Waals surface area contributed by atoms with Crippen LogP contribution in [-0.2, 0) is 0 Å². The summed E-state index contributed by atoms with van der Waals surface area (Å²) in [4.78, 5) is 8.14. The standard InChI is InChI=1S/C9H16N4O2/c1-5-8(10)11-6(2)12-9(5)13-7(3-14)4-15/h7,14-15H,3-4H2,1-2H3,(H3,10,11,12,13). The van der Waals surface area contributed by atoms with Crippen LogP contribution in [0.25, 0.3) is 0 Å². The van der Waals surface area contributed by atoms with Crippen molar-refractivity contribution in [2.45, 2.75) is 19.9 Å². The van der Waals surface area contributed by atoms with Gasteiger partial charge in [0.1, 0.15) is 17.5 Å². The summed E-state index contributed by atoms with van der Waals surface area (Å²) in [6.07, 6.45) is 0. The Hall–Kier alpha value is -1.40. The van der Waals surface area contributed by atoms with E-state index in [9.17, 15) is 0 Å². The van der Waals surface area contributed by atoms with Crippen LogP contribution in [0.4, 0.5) is 11.6 Å². The summed E-state index contributed by atoms with van der Waals surface area (Å²) in [7, 11) is 0. The van der Waals surface area contributed by atoms with Gasteiger partial charge < -0.3 is 21.3 Å². The van der Waals surface area contributed by atoms with E-state index in [-0.39, 0.29) is 13.2 Å². The third-order valence-electron chi connectivity index (χ3n) is 2.08. The zero-order valence-corrected chi connectivity index (χ0v) is 8.86. The molecule has 0 aliphatic carbocycles. The number of aliphatic hydroxyl groups is 2. The largest absolute Gasteiger partial charge is 0.394 e. The molecule has 0 amide bonds. The van der Waals surface area contributed by atoms with Crippen molar-refractivity contribution in [1.29, 1.82) is 0 Å². The first-order valence-corrected chi connectivity index (χ1v) is 4.67. The van der Waals surface area contributed by atoms with E-state index in [2.05, 4.69) is 15.3 Å². The number of rotatable bonds is 4. The van der Waals surface area contributed by atoms with Crippen LogP contribution in [0.3, 0.4) is 0 Å². The average Bonchev–Trinajstić information content (AvgIpc) is 2.21. The van der Waals surface area contributed by atoms with E-state index in [1.54, 1.807) is 13.8 Å². The number of nitrogens with zero attached hydrogens (tertiary/aromatic N) is 2. The van der Waals surface area contributed by atoms with Crippen molar-refractivity contribution in [3.05, 3.63) is 11.4 Å². The molecule has 5 N–H and O–H groups in total. The Morgan fingerprint density at radius 1 is 1.27 bits per heavy atom. The van der Waals surface area contributed by atoms with Crippen LogP contribution in [-0.4, -0.2) is 39.4 Å². The Bertz CT molecular complexity index is 339. The highest BCUT2D eigenvalue weighted by Crippen LogP contribution is 2.17. The number of aromatic nitrogens is 2. The Morgan fingerprint density at radius 2 is 1.87 bits per heavy atom. The van der Waals surface area contributed by atoms with Crippen molar-refractivity contribution in [2.75, 3.05) is 24.3 Å². The van der Waals surface area contributed by atoms with Crippen LogP contribution in [0.2, 0.25) is 0 Å². The number of aryl methyl sites for hydroxylation is 1. The number of nitrogens with one attached hydrogen (secondary N) is 1. The molecule has 15 heavy (non-hydrogen) atoms. The molecule has 6 nitrogen and oxygen atoms in total. The third kappa shape index (κ3) is 2.77. The molecular weight excluding hydrogens is 196 g/mol. The van der Waals surface area contributed by atoms with Gasteiger partial charge in [-0.15, -0.1) is 0 Å². The third-order valence-corrected chi connectivity index (χ3v) is 2.08. The van der Waals surface area contributed by atoms with Gasteiger partial charge in [0.05, 0.1) is 19.3 Å². The van der Waals surface area contributed by atoms with Gasteiger partial charge in [0.25, 0.3) is 0 Å². The van der Waals surface area contributed by atoms with Gasteiger partial charge in [0.2, 0.25) is 0 Å². The quantitative estimate of drug-likeness (QED) is 0.533. The van der Waals surface area contributed by atoms with Gasteiger partial charge in [0, 0.05) is 5.56 Å². The molecule has 1 aromatic heterocycles. The maximum absolute atomic E-state index is 8.92. The maximum atomic E-state index is 8.92. The van der Waals surface area contributed by atoms with Gasteiger partial charge in [0.15, 0.2) is 0 Å². The minimum absolute atomic E-state index is 0.168. The Labute approximate surface area is 88.2 Å². The number of hydrogen-bond donors (Lipinski definition) is 4. The van der Waals surface area contributed by atoms with Crippen molar-refractivity contribution in [2.24, 2.45) is 0 Å². The molecule has 0 aliphatic heterocycles. The number of aliphatic hydroxyl groups excluding tert-OH is 2. The van der Waals surface area contributed by atoms with Crippen molar-refractivity contribution in [3.8, 4) is 0 Å². The predicted octanol–water partition coefficient (Wildman–Crippen LogP) is -0.559.